The minimum Gasteiger partial charge on any atom is -0.344 e. The minimum atomic E-state index is -0.258. The second-order valence-electron chi connectivity index (χ2n) is 3.81. The standard InChI is InChI=1S/C14H10BrFN2/c1-18(12-5-3-11(16)4-6-12)14-7-2-10(9-17)8-13(14)15/h2-8H,1H3. The fourth-order valence-electron chi connectivity index (χ4n) is 1.65. The Bertz CT molecular complexity index is 602. The molecule has 2 aromatic rings. The van der Waals surface area contributed by atoms with Crippen LogP contribution in [0, 0.1) is 17.1 Å². The molecule has 0 saturated carbocycles. The van der Waals surface area contributed by atoms with E-state index in [9.17, 15) is 4.39 Å². The first-order valence-electron chi connectivity index (χ1n) is 5.31. The van der Waals surface area contributed by atoms with Crippen LogP contribution in [0.1, 0.15) is 5.56 Å². The van der Waals surface area contributed by atoms with Crippen LogP contribution in [-0.4, -0.2) is 7.05 Å². The van der Waals surface area contributed by atoms with Crippen molar-refractivity contribution in [1.29, 1.82) is 5.26 Å². The van der Waals surface area contributed by atoms with Crippen LogP contribution < -0.4 is 4.90 Å². The Balaban J connectivity index is 2.37. The molecule has 0 bridgehead atoms. The van der Waals surface area contributed by atoms with Crippen molar-refractivity contribution in [2.24, 2.45) is 0 Å². The summed E-state index contributed by atoms with van der Waals surface area (Å²) in [5.74, 6) is -0.258. The normalized spacial score (nSPS) is 9.89. The molecule has 0 fully saturated rings. The molecular weight excluding hydrogens is 295 g/mol. The molecule has 2 rings (SSSR count). The van der Waals surface area contributed by atoms with E-state index in [0.29, 0.717) is 5.56 Å². The average molecular weight is 305 g/mol. The fourth-order valence-corrected chi connectivity index (χ4v) is 2.30. The van der Waals surface area contributed by atoms with Gasteiger partial charge in [0.15, 0.2) is 0 Å². The van der Waals surface area contributed by atoms with Gasteiger partial charge in [0.25, 0.3) is 0 Å². The van der Waals surface area contributed by atoms with E-state index in [2.05, 4.69) is 22.0 Å². The van der Waals surface area contributed by atoms with Gasteiger partial charge in [-0.15, -0.1) is 0 Å². The van der Waals surface area contributed by atoms with Crippen molar-refractivity contribution in [2.45, 2.75) is 0 Å². The number of nitrogens with zero attached hydrogens (tertiary/aromatic N) is 2. The van der Waals surface area contributed by atoms with Crippen LogP contribution in [0.25, 0.3) is 0 Å². The van der Waals surface area contributed by atoms with Crippen LogP contribution in [0.3, 0.4) is 0 Å². The Labute approximate surface area is 113 Å². The van der Waals surface area contributed by atoms with Crippen molar-refractivity contribution in [3.8, 4) is 6.07 Å². The van der Waals surface area contributed by atoms with Gasteiger partial charge in [0, 0.05) is 17.2 Å². The van der Waals surface area contributed by atoms with Crippen LogP contribution in [0.4, 0.5) is 15.8 Å². The monoisotopic (exact) mass is 304 g/mol. The Morgan fingerprint density at radius 1 is 1.17 bits per heavy atom. The lowest BCUT2D eigenvalue weighted by Crippen LogP contribution is -2.10. The van der Waals surface area contributed by atoms with Crippen LogP contribution in [0.15, 0.2) is 46.9 Å². The third-order valence-corrected chi connectivity index (χ3v) is 3.29. The highest BCUT2D eigenvalue weighted by molar-refractivity contribution is 9.10. The van der Waals surface area contributed by atoms with Gasteiger partial charge in [0.2, 0.25) is 0 Å². The molecule has 0 unspecified atom stereocenters. The van der Waals surface area contributed by atoms with Gasteiger partial charge in [-0.05, 0) is 58.4 Å². The van der Waals surface area contributed by atoms with Crippen molar-refractivity contribution >= 4 is 27.3 Å². The van der Waals surface area contributed by atoms with Crippen molar-refractivity contribution < 1.29 is 4.39 Å². The maximum atomic E-state index is 12.9. The quantitative estimate of drug-likeness (QED) is 0.830. The van der Waals surface area contributed by atoms with E-state index in [4.69, 9.17) is 5.26 Å². The zero-order chi connectivity index (χ0) is 13.1. The Morgan fingerprint density at radius 3 is 2.39 bits per heavy atom. The molecule has 0 radical (unpaired) electrons. The molecule has 18 heavy (non-hydrogen) atoms. The second kappa shape index (κ2) is 5.19. The smallest absolute Gasteiger partial charge is 0.123 e. The maximum absolute atomic E-state index is 12.9. The largest absolute Gasteiger partial charge is 0.344 e. The molecule has 0 atom stereocenters. The highest BCUT2D eigenvalue weighted by Crippen LogP contribution is 2.31. The van der Waals surface area contributed by atoms with Crippen molar-refractivity contribution in [1.82, 2.24) is 0 Å². The van der Waals surface area contributed by atoms with Gasteiger partial charge in [0.1, 0.15) is 5.82 Å². The van der Waals surface area contributed by atoms with Crippen LogP contribution in [0.5, 0.6) is 0 Å². The van der Waals surface area contributed by atoms with Crippen molar-refractivity contribution in [3.63, 3.8) is 0 Å². The third kappa shape index (κ3) is 2.52. The molecule has 2 nitrogen and oxygen atoms in total. The van der Waals surface area contributed by atoms with Gasteiger partial charge in [0.05, 0.1) is 17.3 Å². The third-order valence-electron chi connectivity index (χ3n) is 2.65. The number of benzene rings is 2. The van der Waals surface area contributed by atoms with Gasteiger partial charge in [-0.2, -0.15) is 5.26 Å². The first-order chi connectivity index (χ1) is 8.61. The minimum absolute atomic E-state index is 0.258. The number of nitriles is 1. The lowest BCUT2D eigenvalue weighted by Gasteiger charge is -2.21. The molecule has 0 aromatic heterocycles. The highest BCUT2D eigenvalue weighted by atomic mass is 79.9. The van der Waals surface area contributed by atoms with E-state index in [1.807, 2.05) is 18.0 Å². The topological polar surface area (TPSA) is 27.0 Å². The molecule has 0 saturated heterocycles. The number of anilines is 2. The van der Waals surface area contributed by atoms with E-state index >= 15 is 0 Å². The summed E-state index contributed by atoms with van der Waals surface area (Å²) in [6.07, 6.45) is 0. The molecule has 0 aliphatic rings. The molecule has 0 spiro atoms. The van der Waals surface area contributed by atoms with Gasteiger partial charge in [-0.25, -0.2) is 4.39 Å². The summed E-state index contributed by atoms with van der Waals surface area (Å²) in [6.45, 7) is 0. The summed E-state index contributed by atoms with van der Waals surface area (Å²) in [5.41, 5.74) is 2.39. The molecule has 90 valence electrons. The van der Waals surface area contributed by atoms with E-state index in [0.717, 1.165) is 15.8 Å². The molecule has 0 aliphatic carbocycles. The van der Waals surface area contributed by atoms with Crippen LogP contribution in [-0.2, 0) is 0 Å². The summed E-state index contributed by atoms with van der Waals surface area (Å²) in [6, 6.07) is 13.7. The first-order valence-corrected chi connectivity index (χ1v) is 6.10. The molecule has 0 amide bonds. The van der Waals surface area contributed by atoms with Crippen molar-refractivity contribution in [2.75, 3.05) is 11.9 Å². The predicted octanol–water partition coefficient (Wildman–Crippen LogP) is 4.23. The SMILES string of the molecule is CN(c1ccc(F)cc1)c1ccc(C#N)cc1Br. The zero-order valence-corrected chi connectivity index (χ0v) is 11.3. The van der Waals surface area contributed by atoms with Crippen LogP contribution >= 0.6 is 15.9 Å². The van der Waals surface area contributed by atoms with Gasteiger partial charge in [-0.1, -0.05) is 0 Å². The molecule has 2 aromatic carbocycles. The number of rotatable bonds is 2. The number of hydrogen-bond donors (Lipinski definition) is 0. The lowest BCUT2D eigenvalue weighted by molar-refractivity contribution is 0.628. The Kier molecular flexibility index (Phi) is 3.63. The highest BCUT2D eigenvalue weighted by Gasteiger charge is 2.08. The summed E-state index contributed by atoms with van der Waals surface area (Å²) in [5, 5.41) is 8.81. The Hall–Kier alpha value is -1.86. The predicted molar refractivity (Wildman–Crippen MR) is 73.3 cm³/mol. The number of hydrogen-bond acceptors (Lipinski definition) is 2. The number of halogens is 2. The molecular formula is C14H10BrFN2. The summed E-state index contributed by atoms with van der Waals surface area (Å²) in [7, 11) is 1.89. The van der Waals surface area contributed by atoms with Crippen LogP contribution in [0.2, 0.25) is 0 Å². The van der Waals surface area contributed by atoms with E-state index in [1.165, 1.54) is 12.1 Å². The maximum Gasteiger partial charge on any atom is 0.123 e. The molecule has 0 N–H and O–H groups in total. The molecule has 0 heterocycles. The first kappa shape index (κ1) is 12.6. The average Bonchev–Trinajstić information content (AvgIpc) is 2.38. The summed E-state index contributed by atoms with van der Waals surface area (Å²) >= 11 is 3.43. The van der Waals surface area contributed by atoms with Gasteiger partial charge >= 0.3 is 0 Å². The zero-order valence-electron chi connectivity index (χ0n) is 9.69. The second-order valence-corrected chi connectivity index (χ2v) is 4.67. The Morgan fingerprint density at radius 2 is 1.83 bits per heavy atom. The summed E-state index contributed by atoms with van der Waals surface area (Å²) in [4.78, 5) is 1.92. The molecule has 0 aliphatic heterocycles. The van der Waals surface area contributed by atoms with E-state index < -0.39 is 0 Å². The van der Waals surface area contributed by atoms with Crippen molar-refractivity contribution in [3.05, 3.63) is 58.3 Å². The van der Waals surface area contributed by atoms with Gasteiger partial charge in [-0.3, -0.25) is 0 Å². The van der Waals surface area contributed by atoms with E-state index in [-0.39, 0.29) is 5.82 Å². The lowest BCUT2D eigenvalue weighted by atomic mass is 10.2. The molecule has 4 heteroatoms. The fraction of sp³-hybridized carbons (Fsp3) is 0.0714. The van der Waals surface area contributed by atoms with E-state index in [1.54, 1.807) is 24.3 Å². The summed E-state index contributed by atoms with van der Waals surface area (Å²) < 4.78 is 13.7. The van der Waals surface area contributed by atoms with Gasteiger partial charge < -0.3 is 4.90 Å².